The fourth-order valence-electron chi connectivity index (χ4n) is 3.71. The number of amides is 2. The highest BCUT2D eigenvalue weighted by Gasteiger charge is 2.34. The first-order valence-corrected chi connectivity index (χ1v) is 11.2. The number of carbonyl (C=O) groups is 2. The molecule has 2 amide bonds. The molecule has 2 N–H and O–H groups in total. The minimum atomic E-state index is -3.81. The summed E-state index contributed by atoms with van der Waals surface area (Å²) in [6.07, 6.45) is 1.22. The average Bonchev–Trinajstić information content (AvgIpc) is 2.73. The highest BCUT2D eigenvalue weighted by atomic mass is 32.2. The van der Waals surface area contributed by atoms with Gasteiger partial charge in [0, 0.05) is 18.8 Å². The summed E-state index contributed by atoms with van der Waals surface area (Å²) in [6, 6.07) is 11.9. The van der Waals surface area contributed by atoms with Gasteiger partial charge >= 0.3 is 0 Å². The summed E-state index contributed by atoms with van der Waals surface area (Å²) in [4.78, 5) is 24.3. The zero-order valence-electron chi connectivity index (χ0n) is 16.6. The van der Waals surface area contributed by atoms with E-state index in [0.717, 1.165) is 5.56 Å². The molecule has 4 rings (SSSR count). The number of carbonyl (C=O) groups excluding carboxylic acids is 2. The second-order valence-electron chi connectivity index (χ2n) is 7.56. The molecule has 0 unspecified atom stereocenters. The number of piperidine rings is 1. The zero-order valence-corrected chi connectivity index (χ0v) is 17.4. The lowest BCUT2D eigenvalue weighted by molar-refractivity contribution is -0.121. The van der Waals surface area contributed by atoms with Crippen LogP contribution in [0.2, 0.25) is 0 Å². The third-order valence-corrected chi connectivity index (χ3v) is 7.12. The van der Waals surface area contributed by atoms with Gasteiger partial charge in [-0.05, 0) is 55.7 Å². The van der Waals surface area contributed by atoms with Crippen LogP contribution in [0.15, 0.2) is 47.4 Å². The van der Waals surface area contributed by atoms with Crippen LogP contribution >= 0.6 is 0 Å². The van der Waals surface area contributed by atoms with Gasteiger partial charge in [-0.2, -0.15) is 4.31 Å². The van der Waals surface area contributed by atoms with Crippen molar-refractivity contribution in [3.05, 3.63) is 48.0 Å². The van der Waals surface area contributed by atoms with E-state index < -0.39 is 15.9 Å². The van der Waals surface area contributed by atoms with E-state index in [-0.39, 0.29) is 29.9 Å². The number of anilines is 2. The van der Waals surface area contributed by atoms with Crippen LogP contribution in [0.25, 0.3) is 0 Å². The molecule has 1 fully saturated rings. The molecule has 0 aliphatic carbocycles. The summed E-state index contributed by atoms with van der Waals surface area (Å²) in [5, 5.41) is 5.51. The van der Waals surface area contributed by atoms with E-state index in [1.54, 1.807) is 0 Å². The Hall–Kier alpha value is -2.91. The van der Waals surface area contributed by atoms with E-state index >= 15 is 0 Å². The molecule has 1 atom stereocenters. The fraction of sp³-hybridized carbons (Fsp3) is 0.333. The average molecular weight is 429 g/mol. The molecule has 0 radical (unpaired) electrons. The standard InChI is InChI=1S/C21H23N3O5S/c1-14-4-2-6-16(10-14)22-21(26)15-5-3-9-24(12-15)30(27,28)17-7-8-19-18(11-17)23-20(25)13-29-19/h2,4,6-8,10-11,15H,3,5,9,12-13H2,1H3,(H,22,26)(H,23,25)/t15-/m1/s1. The lowest BCUT2D eigenvalue weighted by Gasteiger charge is -2.31. The molecule has 158 valence electrons. The molecule has 8 nitrogen and oxygen atoms in total. The minimum absolute atomic E-state index is 0.0618. The Balaban J connectivity index is 1.50. The van der Waals surface area contributed by atoms with Crippen LogP contribution in [0.3, 0.4) is 0 Å². The Kier molecular flexibility index (Phi) is 5.48. The zero-order chi connectivity index (χ0) is 21.3. The van der Waals surface area contributed by atoms with E-state index in [9.17, 15) is 18.0 Å². The maximum absolute atomic E-state index is 13.2. The summed E-state index contributed by atoms with van der Waals surface area (Å²) >= 11 is 0. The van der Waals surface area contributed by atoms with Crippen molar-refractivity contribution in [2.75, 3.05) is 30.3 Å². The van der Waals surface area contributed by atoms with Crippen LogP contribution in [0, 0.1) is 12.8 Å². The third-order valence-electron chi connectivity index (χ3n) is 5.26. The van der Waals surface area contributed by atoms with E-state index in [1.165, 1.54) is 22.5 Å². The van der Waals surface area contributed by atoms with Crippen LogP contribution < -0.4 is 15.4 Å². The number of fused-ring (bicyclic) bond motifs is 1. The minimum Gasteiger partial charge on any atom is -0.482 e. The van der Waals surface area contributed by atoms with Crippen LogP contribution in [-0.2, 0) is 19.6 Å². The number of sulfonamides is 1. The van der Waals surface area contributed by atoms with Crippen molar-refractivity contribution in [2.24, 2.45) is 5.92 Å². The first kappa shape index (κ1) is 20.4. The maximum Gasteiger partial charge on any atom is 0.262 e. The topological polar surface area (TPSA) is 105 Å². The van der Waals surface area contributed by atoms with Crippen molar-refractivity contribution < 1.29 is 22.7 Å². The van der Waals surface area contributed by atoms with Gasteiger partial charge in [0.25, 0.3) is 5.91 Å². The van der Waals surface area contributed by atoms with E-state index in [2.05, 4.69) is 10.6 Å². The van der Waals surface area contributed by atoms with Crippen molar-refractivity contribution in [3.63, 3.8) is 0 Å². The Labute approximate surface area is 175 Å². The molecule has 0 spiro atoms. The Bertz CT molecular complexity index is 1100. The SMILES string of the molecule is Cc1cccc(NC(=O)[C@@H]2CCCN(S(=O)(=O)c3ccc4c(c3)NC(=O)CO4)C2)c1. The van der Waals surface area contributed by atoms with Crippen molar-refractivity contribution in [3.8, 4) is 5.75 Å². The van der Waals surface area contributed by atoms with Gasteiger partial charge in [0.15, 0.2) is 6.61 Å². The van der Waals surface area contributed by atoms with Gasteiger partial charge in [-0.25, -0.2) is 8.42 Å². The maximum atomic E-state index is 13.2. The molecule has 1 saturated heterocycles. The molecule has 2 heterocycles. The predicted molar refractivity (Wildman–Crippen MR) is 112 cm³/mol. The van der Waals surface area contributed by atoms with Crippen LogP contribution in [-0.4, -0.2) is 44.2 Å². The van der Waals surface area contributed by atoms with Gasteiger partial charge in [0.05, 0.1) is 16.5 Å². The number of hydrogen-bond acceptors (Lipinski definition) is 5. The monoisotopic (exact) mass is 429 g/mol. The molecular weight excluding hydrogens is 406 g/mol. The third kappa shape index (κ3) is 4.17. The first-order valence-electron chi connectivity index (χ1n) is 9.77. The Morgan fingerprint density at radius 3 is 2.87 bits per heavy atom. The molecule has 30 heavy (non-hydrogen) atoms. The number of ether oxygens (including phenoxy) is 1. The summed E-state index contributed by atoms with van der Waals surface area (Å²) < 4.78 is 33.0. The van der Waals surface area contributed by atoms with Crippen LogP contribution in [0.5, 0.6) is 5.75 Å². The summed E-state index contributed by atoms with van der Waals surface area (Å²) in [7, 11) is -3.81. The highest BCUT2D eigenvalue weighted by molar-refractivity contribution is 7.89. The predicted octanol–water partition coefficient (Wildman–Crippen LogP) is 2.37. The number of aryl methyl sites for hydroxylation is 1. The van der Waals surface area contributed by atoms with E-state index in [1.807, 2.05) is 31.2 Å². The van der Waals surface area contributed by atoms with Gasteiger partial charge < -0.3 is 15.4 Å². The molecule has 0 bridgehead atoms. The quantitative estimate of drug-likeness (QED) is 0.776. The molecule has 0 saturated carbocycles. The fourth-order valence-corrected chi connectivity index (χ4v) is 5.26. The summed E-state index contributed by atoms with van der Waals surface area (Å²) in [6.45, 7) is 2.30. The normalized spacial score (nSPS) is 19.4. The summed E-state index contributed by atoms with van der Waals surface area (Å²) in [5.41, 5.74) is 2.06. The molecule has 0 aromatic heterocycles. The van der Waals surface area contributed by atoms with Crippen LogP contribution in [0.1, 0.15) is 18.4 Å². The number of nitrogens with zero attached hydrogens (tertiary/aromatic N) is 1. The lowest BCUT2D eigenvalue weighted by atomic mass is 9.98. The molecular formula is C21H23N3O5S. The van der Waals surface area contributed by atoms with Crippen molar-refractivity contribution >= 4 is 33.2 Å². The second kappa shape index (κ2) is 8.08. The Morgan fingerprint density at radius 1 is 1.23 bits per heavy atom. The lowest BCUT2D eigenvalue weighted by Crippen LogP contribution is -2.43. The molecule has 2 aliphatic rings. The molecule has 2 aromatic carbocycles. The number of rotatable bonds is 4. The van der Waals surface area contributed by atoms with Crippen molar-refractivity contribution in [1.82, 2.24) is 4.31 Å². The van der Waals surface area contributed by atoms with Gasteiger partial charge in [-0.15, -0.1) is 0 Å². The largest absolute Gasteiger partial charge is 0.482 e. The van der Waals surface area contributed by atoms with E-state index in [4.69, 9.17) is 4.74 Å². The van der Waals surface area contributed by atoms with Gasteiger partial charge in [-0.1, -0.05) is 12.1 Å². The Morgan fingerprint density at radius 2 is 2.07 bits per heavy atom. The van der Waals surface area contributed by atoms with Crippen molar-refractivity contribution in [2.45, 2.75) is 24.7 Å². The second-order valence-corrected chi connectivity index (χ2v) is 9.49. The summed E-state index contributed by atoms with van der Waals surface area (Å²) in [5.74, 6) is -0.521. The molecule has 9 heteroatoms. The van der Waals surface area contributed by atoms with Gasteiger partial charge in [0.1, 0.15) is 5.75 Å². The van der Waals surface area contributed by atoms with Crippen molar-refractivity contribution in [1.29, 1.82) is 0 Å². The highest BCUT2D eigenvalue weighted by Crippen LogP contribution is 2.32. The molecule has 2 aliphatic heterocycles. The first-order chi connectivity index (χ1) is 14.3. The van der Waals surface area contributed by atoms with Crippen LogP contribution in [0.4, 0.5) is 11.4 Å². The smallest absolute Gasteiger partial charge is 0.262 e. The molecule has 2 aromatic rings. The number of hydrogen-bond donors (Lipinski definition) is 2. The van der Waals surface area contributed by atoms with Gasteiger partial charge in [-0.3, -0.25) is 9.59 Å². The number of benzene rings is 2. The number of nitrogens with one attached hydrogen (secondary N) is 2. The van der Waals surface area contributed by atoms with E-state index in [0.29, 0.717) is 36.5 Å². The van der Waals surface area contributed by atoms with Gasteiger partial charge in [0.2, 0.25) is 15.9 Å².